The lowest BCUT2D eigenvalue weighted by molar-refractivity contribution is -0.136. The van der Waals surface area contributed by atoms with Gasteiger partial charge in [0.2, 0.25) is 11.8 Å². The normalized spacial score (nSPS) is 17.3. The molecule has 4 N–H and O–H groups in total. The molecule has 4 amide bonds. The summed E-state index contributed by atoms with van der Waals surface area (Å²) < 4.78 is 9.48. The molecule has 298 valence electrons. The zero-order valence-corrected chi connectivity index (χ0v) is 33.8. The van der Waals surface area contributed by atoms with E-state index in [1.165, 1.54) is 25.6 Å². The van der Waals surface area contributed by atoms with E-state index in [0.29, 0.717) is 24.7 Å². The lowest BCUT2D eigenvalue weighted by Gasteiger charge is -2.30. The summed E-state index contributed by atoms with van der Waals surface area (Å²) in [7, 11) is 2.57. The number of H-pyrrole nitrogens is 2. The number of carbonyl (C=O) groups excluding carboxylic acids is 4. The molecule has 14 nitrogen and oxygen atoms in total. The fraction of sp³-hybridized carbons (Fsp3) is 0.429. The van der Waals surface area contributed by atoms with Crippen molar-refractivity contribution in [3.8, 4) is 45.6 Å². The van der Waals surface area contributed by atoms with Crippen LogP contribution in [0.1, 0.15) is 87.4 Å². The summed E-state index contributed by atoms with van der Waals surface area (Å²) in [6, 6.07) is 9.89. The summed E-state index contributed by atoms with van der Waals surface area (Å²) in [5, 5.41) is 5.37. The van der Waals surface area contributed by atoms with Crippen molar-refractivity contribution in [2.24, 2.45) is 11.8 Å². The first-order valence-corrected chi connectivity index (χ1v) is 19.9. The second-order valence-electron chi connectivity index (χ2n) is 14.7. The number of nitrogens with zero attached hydrogens (tertiary/aromatic N) is 4. The van der Waals surface area contributed by atoms with Crippen LogP contribution in [-0.2, 0) is 19.1 Å². The Labute approximate surface area is 336 Å². The number of methoxy groups -OCH3 is 2. The molecule has 0 radical (unpaired) electrons. The van der Waals surface area contributed by atoms with Crippen LogP contribution in [0, 0.1) is 35.5 Å². The fourth-order valence-electron chi connectivity index (χ4n) is 7.16. The maximum Gasteiger partial charge on any atom is 0.407 e. The smallest absolute Gasteiger partial charge is 0.407 e. The Balaban J connectivity index is 1.06. The van der Waals surface area contributed by atoms with Crippen LogP contribution in [0.25, 0.3) is 22.0 Å². The van der Waals surface area contributed by atoms with Gasteiger partial charge in [-0.1, -0.05) is 45.7 Å². The first kappa shape index (κ1) is 40.6. The van der Waals surface area contributed by atoms with Crippen molar-refractivity contribution in [1.82, 2.24) is 40.4 Å². The number of carbonyl (C=O) groups is 4. The zero-order valence-electron chi connectivity index (χ0n) is 33.0. The molecule has 0 aliphatic carbocycles. The molecule has 15 heteroatoms. The first-order valence-electron chi connectivity index (χ1n) is 19.1. The Kier molecular flexibility index (Phi) is 13.0. The van der Waals surface area contributed by atoms with Gasteiger partial charge in [-0.2, -0.15) is 0 Å². The average molecular weight is 793 g/mol. The van der Waals surface area contributed by atoms with Crippen LogP contribution in [-0.4, -0.2) is 93.1 Å². The number of thiophene rings is 1. The molecule has 0 bridgehead atoms. The Bertz CT molecular complexity index is 2200. The molecule has 57 heavy (non-hydrogen) atoms. The van der Waals surface area contributed by atoms with Crippen molar-refractivity contribution in [3.05, 3.63) is 70.8 Å². The van der Waals surface area contributed by atoms with Gasteiger partial charge in [-0.3, -0.25) is 9.59 Å². The minimum absolute atomic E-state index is 0.104. The third kappa shape index (κ3) is 9.50. The maximum absolute atomic E-state index is 13.5. The molecule has 2 saturated heterocycles. The van der Waals surface area contributed by atoms with Gasteiger partial charge in [-0.25, -0.2) is 19.6 Å². The molecule has 4 atom stereocenters. The quantitative estimate of drug-likeness (QED) is 0.141. The zero-order chi connectivity index (χ0) is 40.6. The number of imidazole rings is 2. The van der Waals surface area contributed by atoms with Crippen LogP contribution in [0.2, 0.25) is 0 Å². The minimum Gasteiger partial charge on any atom is -0.453 e. The highest BCUT2D eigenvalue weighted by molar-refractivity contribution is 7.16. The predicted molar refractivity (Wildman–Crippen MR) is 215 cm³/mol. The Morgan fingerprint density at radius 1 is 0.772 bits per heavy atom. The number of benzene rings is 1. The van der Waals surface area contributed by atoms with Crippen LogP contribution in [0.15, 0.2) is 48.8 Å². The lowest BCUT2D eigenvalue weighted by atomic mass is 10.0. The van der Waals surface area contributed by atoms with Crippen LogP contribution < -0.4 is 10.6 Å². The summed E-state index contributed by atoms with van der Waals surface area (Å²) in [6.45, 7) is 8.76. The molecule has 0 saturated carbocycles. The summed E-state index contributed by atoms with van der Waals surface area (Å²) >= 11 is 1.52. The number of nitrogens with one attached hydrogen (secondary N) is 4. The van der Waals surface area contributed by atoms with E-state index >= 15 is 0 Å². The van der Waals surface area contributed by atoms with E-state index in [4.69, 9.17) is 9.47 Å². The van der Waals surface area contributed by atoms with Gasteiger partial charge in [0.1, 0.15) is 23.7 Å². The van der Waals surface area contributed by atoms with Gasteiger partial charge >= 0.3 is 12.2 Å². The highest BCUT2D eigenvalue weighted by Crippen LogP contribution is 2.35. The third-order valence-electron chi connectivity index (χ3n) is 10.2. The number of likely N-dealkylation sites (tertiary alicyclic amines) is 2. The molecular weight excluding hydrogens is 745 g/mol. The lowest BCUT2D eigenvalue weighted by Crippen LogP contribution is -2.51. The van der Waals surface area contributed by atoms with Crippen LogP contribution in [0.4, 0.5) is 9.59 Å². The van der Waals surface area contributed by atoms with Gasteiger partial charge in [0.15, 0.2) is 0 Å². The van der Waals surface area contributed by atoms with Gasteiger partial charge in [-0.05, 0) is 79.5 Å². The number of aromatic amines is 2. The third-order valence-corrected chi connectivity index (χ3v) is 11.2. The first-order chi connectivity index (χ1) is 27.5. The van der Waals surface area contributed by atoms with Crippen LogP contribution >= 0.6 is 11.3 Å². The molecular formula is C42H48N8O6S. The number of amides is 4. The number of aromatic nitrogens is 4. The number of alkyl carbamates (subject to hydrolysis) is 2. The molecule has 0 unspecified atom stereocenters. The number of rotatable bonds is 10. The van der Waals surface area contributed by atoms with Crippen molar-refractivity contribution in [2.75, 3.05) is 27.3 Å². The van der Waals surface area contributed by atoms with Crippen molar-refractivity contribution < 1.29 is 28.7 Å². The highest BCUT2D eigenvalue weighted by Gasteiger charge is 2.38. The molecule has 2 aliphatic heterocycles. The summed E-state index contributed by atoms with van der Waals surface area (Å²) in [6.07, 6.45) is 5.56. The monoisotopic (exact) mass is 792 g/mol. The molecule has 2 aliphatic rings. The molecule has 4 aromatic rings. The second-order valence-corrected chi connectivity index (χ2v) is 15.8. The standard InChI is InChI=1S/C42H48N8O6S/c1-25(2)35(47-41(53)55-5)39(51)49-21-9-13-32(49)30-23-43-37(45-30)28-17-15-27(16-18-28)11-7-8-12-29-19-20-34(57-29)31-24-44-38(46-31)33-14-10-22-50(33)40(52)36(26(3)4)48-42(54)56-6/h15-20,23-26,32-33,35-36H,9-10,13-14,21-22H2,1-6H3,(H,43,45)(H,44,46)(H,47,53)(H,48,54)/t32-,33-,35+,36+/m0/s1. The summed E-state index contributed by atoms with van der Waals surface area (Å²) in [5.74, 6) is 13.0. The van der Waals surface area contributed by atoms with E-state index in [1.54, 1.807) is 17.3 Å². The Hall–Kier alpha value is -6.06. The Morgan fingerprint density at radius 3 is 1.98 bits per heavy atom. The second kappa shape index (κ2) is 18.3. The summed E-state index contributed by atoms with van der Waals surface area (Å²) in [5.41, 5.74) is 3.38. The van der Waals surface area contributed by atoms with E-state index in [0.717, 1.165) is 58.0 Å². The largest absolute Gasteiger partial charge is 0.453 e. The molecule has 0 spiro atoms. The van der Waals surface area contributed by atoms with Crippen molar-refractivity contribution in [2.45, 2.75) is 77.5 Å². The molecule has 2 fully saturated rings. The van der Waals surface area contributed by atoms with E-state index in [1.807, 2.05) is 69.0 Å². The summed E-state index contributed by atoms with van der Waals surface area (Å²) in [4.78, 5) is 72.3. The van der Waals surface area contributed by atoms with E-state index in [9.17, 15) is 19.2 Å². The van der Waals surface area contributed by atoms with E-state index in [-0.39, 0.29) is 35.7 Å². The van der Waals surface area contributed by atoms with Gasteiger partial charge in [-0.15, -0.1) is 11.3 Å². The topological polar surface area (TPSA) is 175 Å². The van der Waals surface area contributed by atoms with E-state index < -0.39 is 24.3 Å². The maximum atomic E-state index is 13.5. The minimum atomic E-state index is -0.692. The molecule has 6 rings (SSSR count). The van der Waals surface area contributed by atoms with Gasteiger partial charge in [0.05, 0.1) is 59.8 Å². The molecule has 5 heterocycles. The molecule has 3 aromatic heterocycles. The number of ether oxygens (including phenoxy) is 2. The molecule has 1 aromatic carbocycles. The van der Waals surface area contributed by atoms with Gasteiger partial charge in [0.25, 0.3) is 0 Å². The SMILES string of the molecule is COC(=O)N[C@@H](C(=O)N1CCC[C@H]1c1cnc(-c2ccc(C#CC#Cc3ccc(-c4cnc([C@@H]5CCCN5C(=O)[C@H](NC(=O)OC)C(C)C)[nH]4)s3)cc2)[nH]1)C(C)C. The van der Waals surface area contributed by atoms with Crippen LogP contribution in [0.3, 0.4) is 0 Å². The number of hydrogen-bond acceptors (Lipinski definition) is 9. The van der Waals surface area contributed by atoms with E-state index in [2.05, 4.69) is 54.3 Å². The fourth-order valence-corrected chi connectivity index (χ4v) is 7.99. The average Bonchev–Trinajstić information content (AvgIpc) is 4.06. The number of hydrogen-bond donors (Lipinski definition) is 4. The van der Waals surface area contributed by atoms with Crippen molar-refractivity contribution in [3.63, 3.8) is 0 Å². The van der Waals surface area contributed by atoms with Gasteiger partial charge in [0, 0.05) is 24.2 Å². The van der Waals surface area contributed by atoms with Crippen molar-refractivity contribution in [1.29, 1.82) is 0 Å². The predicted octanol–water partition coefficient (Wildman–Crippen LogP) is 6.02. The van der Waals surface area contributed by atoms with Gasteiger partial charge < -0.3 is 39.9 Å². The van der Waals surface area contributed by atoms with Crippen LogP contribution in [0.5, 0.6) is 0 Å². The highest BCUT2D eigenvalue weighted by atomic mass is 32.1. The Morgan fingerprint density at radius 2 is 1.37 bits per heavy atom. The van der Waals surface area contributed by atoms with Crippen molar-refractivity contribution >= 4 is 35.3 Å².